The summed E-state index contributed by atoms with van der Waals surface area (Å²) in [6, 6.07) is 5.04. The van der Waals surface area contributed by atoms with Gasteiger partial charge in [-0.1, -0.05) is 11.6 Å². The second-order valence-corrected chi connectivity index (χ2v) is 4.22. The van der Waals surface area contributed by atoms with E-state index in [4.69, 9.17) is 10.5 Å². The molecule has 1 aromatic carbocycles. The summed E-state index contributed by atoms with van der Waals surface area (Å²) in [4.78, 5) is 11.9. The van der Waals surface area contributed by atoms with Crippen LogP contribution in [-0.2, 0) is 0 Å². The molecule has 0 heterocycles. The molecule has 0 saturated heterocycles. The van der Waals surface area contributed by atoms with Crippen molar-refractivity contribution in [3.8, 4) is 5.75 Å². The van der Waals surface area contributed by atoms with Crippen LogP contribution in [0.4, 0.5) is 5.69 Å². The van der Waals surface area contributed by atoms with E-state index in [2.05, 4.69) is 5.32 Å². The van der Waals surface area contributed by atoms with Crippen molar-refractivity contribution in [1.29, 1.82) is 0 Å². The Labute approximate surface area is 108 Å². The molecule has 3 N–H and O–H groups in total. The van der Waals surface area contributed by atoms with Crippen molar-refractivity contribution in [3.63, 3.8) is 0 Å². The molecule has 0 aromatic heterocycles. The molecule has 0 saturated carbocycles. The Morgan fingerprint density at radius 1 is 1.39 bits per heavy atom. The molecule has 1 aromatic rings. The van der Waals surface area contributed by atoms with E-state index in [1.807, 2.05) is 26.8 Å². The molecule has 0 unspecified atom stereocenters. The van der Waals surface area contributed by atoms with Gasteiger partial charge in [0.15, 0.2) is 0 Å². The summed E-state index contributed by atoms with van der Waals surface area (Å²) >= 11 is 0. The minimum absolute atomic E-state index is 0.152. The molecule has 0 bridgehead atoms. The van der Waals surface area contributed by atoms with Crippen LogP contribution in [0.25, 0.3) is 0 Å². The van der Waals surface area contributed by atoms with Gasteiger partial charge in [0.05, 0.1) is 6.61 Å². The number of anilines is 1. The van der Waals surface area contributed by atoms with E-state index in [1.165, 1.54) is 0 Å². The summed E-state index contributed by atoms with van der Waals surface area (Å²) in [6.07, 6.45) is 1.95. The van der Waals surface area contributed by atoms with Crippen LogP contribution in [0.1, 0.15) is 31.1 Å². The number of hydrogen-bond donors (Lipinski definition) is 2. The van der Waals surface area contributed by atoms with Crippen LogP contribution in [-0.4, -0.2) is 19.1 Å². The molecule has 0 aliphatic heterocycles. The van der Waals surface area contributed by atoms with E-state index in [-0.39, 0.29) is 5.91 Å². The predicted molar refractivity (Wildman–Crippen MR) is 73.8 cm³/mol. The van der Waals surface area contributed by atoms with E-state index in [9.17, 15) is 4.79 Å². The quantitative estimate of drug-likeness (QED) is 0.621. The van der Waals surface area contributed by atoms with Crippen LogP contribution in [0, 0.1) is 0 Å². The minimum Gasteiger partial charge on any atom is -0.494 e. The molecule has 0 fully saturated rings. The van der Waals surface area contributed by atoms with Crippen molar-refractivity contribution in [1.82, 2.24) is 5.32 Å². The Morgan fingerprint density at radius 2 is 2.11 bits per heavy atom. The normalized spacial score (nSPS) is 9.72. The second-order valence-electron chi connectivity index (χ2n) is 4.22. The lowest BCUT2D eigenvalue weighted by atomic mass is 10.1. The van der Waals surface area contributed by atoms with E-state index >= 15 is 0 Å². The smallest absolute Gasteiger partial charge is 0.251 e. The summed E-state index contributed by atoms with van der Waals surface area (Å²) in [5.74, 6) is 0.464. The highest BCUT2D eigenvalue weighted by molar-refractivity contribution is 5.95. The number of amides is 1. The first kappa shape index (κ1) is 14.1. The second kappa shape index (κ2) is 6.69. The third kappa shape index (κ3) is 4.49. The van der Waals surface area contributed by atoms with Gasteiger partial charge in [0.25, 0.3) is 5.91 Å². The zero-order chi connectivity index (χ0) is 13.5. The van der Waals surface area contributed by atoms with Crippen LogP contribution in [0.3, 0.4) is 0 Å². The van der Waals surface area contributed by atoms with E-state index < -0.39 is 0 Å². The maximum absolute atomic E-state index is 11.9. The molecule has 0 aliphatic carbocycles. The van der Waals surface area contributed by atoms with Crippen LogP contribution >= 0.6 is 0 Å². The van der Waals surface area contributed by atoms with Crippen LogP contribution in [0.5, 0.6) is 5.75 Å². The van der Waals surface area contributed by atoms with Crippen LogP contribution in [0.15, 0.2) is 29.8 Å². The number of ether oxygens (including phenoxy) is 1. The number of allylic oxidation sites excluding steroid dienone is 1. The van der Waals surface area contributed by atoms with Crippen LogP contribution in [0.2, 0.25) is 0 Å². The molecule has 98 valence electrons. The fraction of sp³-hybridized carbons (Fsp3) is 0.357. The molecule has 18 heavy (non-hydrogen) atoms. The van der Waals surface area contributed by atoms with Crippen molar-refractivity contribution < 1.29 is 9.53 Å². The summed E-state index contributed by atoms with van der Waals surface area (Å²) in [5.41, 5.74) is 7.93. The van der Waals surface area contributed by atoms with Crippen molar-refractivity contribution in [2.24, 2.45) is 0 Å². The highest BCUT2D eigenvalue weighted by atomic mass is 16.5. The number of rotatable bonds is 5. The molecule has 4 heteroatoms. The van der Waals surface area contributed by atoms with Gasteiger partial charge in [0.2, 0.25) is 0 Å². The Morgan fingerprint density at radius 3 is 2.72 bits per heavy atom. The number of hydrogen-bond acceptors (Lipinski definition) is 3. The monoisotopic (exact) mass is 248 g/mol. The Bertz CT molecular complexity index is 449. The lowest BCUT2D eigenvalue weighted by Crippen LogP contribution is -2.23. The van der Waals surface area contributed by atoms with Crippen molar-refractivity contribution in [2.75, 3.05) is 18.9 Å². The number of nitrogens with one attached hydrogen (secondary N) is 1. The third-order valence-electron chi connectivity index (χ3n) is 2.27. The lowest BCUT2D eigenvalue weighted by molar-refractivity contribution is 0.0957. The molecule has 1 amide bonds. The largest absolute Gasteiger partial charge is 0.494 e. The van der Waals surface area contributed by atoms with Gasteiger partial charge in [-0.2, -0.15) is 0 Å². The fourth-order valence-corrected chi connectivity index (χ4v) is 1.45. The summed E-state index contributed by atoms with van der Waals surface area (Å²) in [7, 11) is 0. The van der Waals surface area contributed by atoms with E-state index in [0.717, 1.165) is 5.57 Å². The van der Waals surface area contributed by atoms with Gasteiger partial charge >= 0.3 is 0 Å². The molecular formula is C14H20N2O2. The number of carbonyl (C=O) groups is 1. The third-order valence-corrected chi connectivity index (χ3v) is 2.27. The molecule has 0 aliphatic rings. The Balaban J connectivity index is 2.75. The number of nitrogens with two attached hydrogens (primary N) is 1. The summed E-state index contributed by atoms with van der Waals surface area (Å²) in [5, 5.41) is 2.80. The first-order valence-electron chi connectivity index (χ1n) is 5.98. The van der Waals surface area contributed by atoms with Gasteiger partial charge in [-0.25, -0.2) is 0 Å². The highest BCUT2D eigenvalue weighted by Crippen LogP contribution is 2.18. The first-order chi connectivity index (χ1) is 8.52. The SMILES string of the molecule is CCOc1cc(N)cc(C(=O)NCC=C(C)C)c1. The summed E-state index contributed by atoms with van der Waals surface area (Å²) in [6.45, 7) is 6.92. The summed E-state index contributed by atoms with van der Waals surface area (Å²) < 4.78 is 5.35. The number of nitrogen functional groups attached to an aromatic ring is 1. The maximum Gasteiger partial charge on any atom is 0.251 e. The maximum atomic E-state index is 11.9. The average molecular weight is 248 g/mol. The molecule has 0 spiro atoms. The van der Waals surface area contributed by atoms with Crippen molar-refractivity contribution in [3.05, 3.63) is 35.4 Å². The van der Waals surface area contributed by atoms with Gasteiger partial charge in [-0.05, 0) is 32.9 Å². The number of benzene rings is 1. The zero-order valence-electron chi connectivity index (χ0n) is 11.1. The minimum atomic E-state index is -0.152. The Kier molecular flexibility index (Phi) is 5.24. The van der Waals surface area contributed by atoms with E-state index in [0.29, 0.717) is 30.2 Å². The first-order valence-corrected chi connectivity index (χ1v) is 5.98. The number of carbonyl (C=O) groups excluding carboxylic acids is 1. The standard InChI is InChI=1S/C14H20N2O2/c1-4-18-13-8-11(7-12(15)9-13)14(17)16-6-5-10(2)3/h5,7-9H,4,6,15H2,1-3H3,(H,16,17). The highest BCUT2D eigenvalue weighted by Gasteiger charge is 2.07. The molecule has 1 rings (SSSR count). The topological polar surface area (TPSA) is 64.3 Å². The van der Waals surface area contributed by atoms with E-state index in [1.54, 1.807) is 18.2 Å². The lowest BCUT2D eigenvalue weighted by Gasteiger charge is -2.08. The van der Waals surface area contributed by atoms with Gasteiger partial charge in [-0.3, -0.25) is 4.79 Å². The van der Waals surface area contributed by atoms with Gasteiger partial charge in [-0.15, -0.1) is 0 Å². The van der Waals surface area contributed by atoms with Crippen molar-refractivity contribution in [2.45, 2.75) is 20.8 Å². The zero-order valence-corrected chi connectivity index (χ0v) is 11.1. The molecule has 0 radical (unpaired) electrons. The van der Waals surface area contributed by atoms with Gasteiger partial charge < -0.3 is 15.8 Å². The fourth-order valence-electron chi connectivity index (χ4n) is 1.45. The molecule has 0 atom stereocenters. The van der Waals surface area contributed by atoms with Gasteiger partial charge in [0, 0.05) is 23.9 Å². The van der Waals surface area contributed by atoms with Gasteiger partial charge in [0.1, 0.15) is 5.75 Å². The molecule has 4 nitrogen and oxygen atoms in total. The Hall–Kier alpha value is -1.97. The predicted octanol–water partition coefficient (Wildman–Crippen LogP) is 2.36. The van der Waals surface area contributed by atoms with Crippen LogP contribution < -0.4 is 15.8 Å². The average Bonchev–Trinajstić information content (AvgIpc) is 2.28. The van der Waals surface area contributed by atoms with Crippen molar-refractivity contribution >= 4 is 11.6 Å². The molecular weight excluding hydrogens is 228 g/mol.